The number of para-hydroxylation sites is 1. The molecule has 0 atom stereocenters. The zero-order valence-corrected chi connectivity index (χ0v) is 18.8. The van der Waals surface area contributed by atoms with E-state index in [0.717, 1.165) is 24.0 Å². The van der Waals surface area contributed by atoms with Gasteiger partial charge in [0.05, 0.1) is 15.5 Å². The van der Waals surface area contributed by atoms with Crippen molar-refractivity contribution in [1.29, 1.82) is 0 Å². The summed E-state index contributed by atoms with van der Waals surface area (Å²) >= 11 is 0. The largest absolute Gasteiger partial charge is 0.269 e. The van der Waals surface area contributed by atoms with Gasteiger partial charge in [0, 0.05) is 25.7 Å². The highest BCUT2D eigenvalue weighted by molar-refractivity contribution is 7.92. The second-order valence-electron chi connectivity index (χ2n) is 7.44. The molecule has 31 heavy (non-hydrogen) atoms. The van der Waals surface area contributed by atoms with Crippen LogP contribution in [0.1, 0.15) is 12.8 Å². The second kappa shape index (κ2) is 8.45. The number of anilines is 1. The molecule has 3 aromatic rings. The van der Waals surface area contributed by atoms with Gasteiger partial charge in [-0.15, -0.1) is 0 Å². The quantitative estimate of drug-likeness (QED) is 0.563. The molecule has 0 bridgehead atoms. The van der Waals surface area contributed by atoms with Crippen molar-refractivity contribution in [2.45, 2.75) is 22.6 Å². The van der Waals surface area contributed by atoms with Gasteiger partial charge >= 0.3 is 0 Å². The van der Waals surface area contributed by atoms with Crippen LogP contribution in [0, 0.1) is 0 Å². The Labute approximate surface area is 183 Å². The van der Waals surface area contributed by atoms with E-state index in [-0.39, 0.29) is 9.79 Å². The number of nitrogens with zero attached hydrogens (tertiary/aromatic N) is 2. The lowest BCUT2D eigenvalue weighted by Gasteiger charge is -2.23. The summed E-state index contributed by atoms with van der Waals surface area (Å²) < 4.78 is 54.7. The molecule has 1 heterocycles. The van der Waals surface area contributed by atoms with Crippen LogP contribution in [0.25, 0.3) is 11.1 Å². The van der Waals surface area contributed by atoms with Gasteiger partial charge in [0.2, 0.25) is 10.0 Å². The van der Waals surface area contributed by atoms with Crippen LogP contribution >= 0.6 is 0 Å². The average molecular weight is 457 g/mol. The van der Waals surface area contributed by atoms with Crippen molar-refractivity contribution in [3.63, 3.8) is 0 Å². The molecule has 0 amide bonds. The molecule has 8 heteroatoms. The maximum absolute atomic E-state index is 13.3. The first-order valence-electron chi connectivity index (χ1n) is 10.1. The fraction of sp³-hybridized carbons (Fsp3) is 0.217. The Balaban J connectivity index is 1.67. The standard InChI is InChI=1S/C23H24N2O4S2/c1-24(23-12-6-5-11-22(23)19-9-3-2-4-10-19)30(26,27)20-13-15-21(16-14-20)31(28,29)25-17-7-8-18-25/h2-6,9-16H,7-8,17-18H2,1H3. The first kappa shape index (κ1) is 21.5. The minimum atomic E-state index is -3.88. The van der Waals surface area contributed by atoms with Gasteiger partial charge in [-0.05, 0) is 48.7 Å². The number of hydrogen-bond donors (Lipinski definition) is 0. The number of rotatable bonds is 6. The number of hydrogen-bond acceptors (Lipinski definition) is 4. The summed E-state index contributed by atoms with van der Waals surface area (Å²) in [5, 5.41) is 0. The van der Waals surface area contributed by atoms with E-state index in [1.54, 1.807) is 12.1 Å². The molecule has 6 nitrogen and oxygen atoms in total. The Kier molecular flexibility index (Phi) is 5.88. The fourth-order valence-corrected chi connectivity index (χ4v) is 6.49. The van der Waals surface area contributed by atoms with Crippen LogP contribution in [-0.4, -0.2) is 41.3 Å². The summed E-state index contributed by atoms with van der Waals surface area (Å²) in [5.41, 5.74) is 2.25. The Morgan fingerprint density at radius 3 is 1.90 bits per heavy atom. The molecular weight excluding hydrogens is 432 g/mol. The van der Waals surface area contributed by atoms with Gasteiger partial charge in [-0.1, -0.05) is 48.5 Å². The SMILES string of the molecule is CN(c1ccccc1-c1ccccc1)S(=O)(=O)c1ccc(S(=O)(=O)N2CCCC2)cc1. The van der Waals surface area contributed by atoms with E-state index in [0.29, 0.717) is 18.8 Å². The minimum absolute atomic E-state index is 0.0400. The predicted octanol–water partition coefficient (Wildman–Crippen LogP) is 3.96. The summed E-state index contributed by atoms with van der Waals surface area (Å²) in [6, 6.07) is 22.3. The van der Waals surface area contributed by atoms with Gasteiger partial charge in [0.1, 0.15) is 0 Å². The van der Waals surface area contributed by atoms with Gasteiger partial charge in [-0.2, -0.15) is 4.31 Å². The van der Waals surface area contributed by atoms with Crippen molar-refractivity contribution in [3.8, 4) is 11.1 Å². The molecule has 162 valence electrons. The molecule has 0 unspecified atom stereocenters. The van der Waals surface area contributed by atoms with E-state index >= 15 is 0 Å². The van der Waals surface area contributed by atoms with E-state index in [9.17, 15) is 16.8 Å². The van der Waals surface area contributed by atoms with Crippen molar-refractivity contribution in [2.24, 2.45) is 0 Å². The molecule has 1 aliphatic heterocycles. The Hall–Kier alpha value is -2.68. The highest BCUT2D eigenvalue weighted by Gasteiger charge is 2.28. The topological polar surface area (TPSA) is 74.8 Å². The van der Waals surface area contributed by atoms with E-state index < -0.39 is 20.0 Å². The van der Waals surface area contributed by atoms with E-state index in [2.05, 4.69) is 0 Å². The van der Waals surface area contributed by atoms with Crippen LogP contribution < -0.4 is 4.31 Å². The molecular formula is C23H24N2O4S2. The van der Waals surface area contributed by atoms with Gasteiger partial charge < -0.3 is 0 Å². The molecule has 4 rings (SSSR count). The first-order chi connectivity index (χ1) is 14.8. The van der Waals surface area contributed by atoms with Crippen molar-refractivity contribution >= 4 is 25.7 Å². The smallest absolute Gasteiger partial charge is 0.264 e. The van der Waals surface area contributed by atoms with E-state index in [1.165, 1.54) is 39.9 Å². The van der Waals surface area contributed by atoms with Crippen molar-refractivity contribution < 1.29 is 16.8 Å². The highest BCUT2D eigenvalue weighted by Crippen LogP contribution is 2.33. The molecule has 1 aliphatic rings. The Morgan fingerprint density at radius 2 is 1.26 bits per heavy atom. The van der Waals surface area contributed by atoms with Gasteiger partial charge in [0.15, 0.2) is 0 Å². The van der Waals surface area contributed by atoms with E-state index in [1.807, 2.05) is 42.5 Å². The molecule has 0 radical (unpaired) electrons. The third kappa shape index (κ3) is 4.11. The van der Waals surface area contributed by atoms with Crippen LogP contribution in [0.2, 0.25) is 0 Å². The van der Waals surface area contributed by atoms with Crippen LogP contribution in [0.4, 0.5) is 5.69 Å². The van der Waals surface area contributed by atoms with E-state index in [4.69, 9.17) is 0 Å². The zero-order valence-electron chi connectivity index (χ0n) is 17.2. The number of benzene rings is 3. The first-order valence-corrected chi connectivity index (χ1v) is 12.9. The number of sulfonamides is 2. The lowest BCUT2D eigenvalue weighted by Crippen LogP contribution is -2.28. The zero-order chi connectivity index (χ0) is 22.1. The van der Waals surface area contributed by atoms with Crippen molar-refractivity contribution in [3.05, 3.63) is 78.9 Å². The molecule has 0 spiro atoms. The lowest BCUT2D eigenvalue weighted by atomic mass is 10.0. The van der Waals surface area contributed by atoms with Crippen LogP contribution in [-0.2, 0) is 20.0 Å². The summed E-state index contributed by atoms with van der Waals surface area (Å²) in [4.78, 5) is 0.152. The summed E-state index contributed by atoms with van der Waals surface area (Å²) in [7, 11) is -5.96. The van der Waals surface area contributed by atoms with Gasteiger partial charge in [-0.25, -0.2) is 16.8 Å². The Bertz CT molecular complexity index is 1270. The van der Waals surface area contributed by atoms with Gasteiger partial charge in [-0.3, -0.25) is 4.31 Å². The fourth-order valence-electron chi connectivity index (χ4n) is 3.76. The monoisotopic (exact) mass is 456 g/mol. The van der Waals surface area contributed by atoms with Crippen LogP contribution in [0.3, 0.4) is 0 Å². The molecule has 0 aliphatic carbocycles. The lowest BCUT2D eigenvalue weighted by molar-refractivity contribution is 0.477. The average Bonchev–Trinajstić information content (AvgIpc) is 3.35. The molecule has 0 saturated carbocycles. The van der Waals surface area contributed by atoms with Crippen molar-refractivity contribution in [1.82, 2.24) is 4.31 Å². The minimum Gasteiger partial charge on any atom is -0.269 e. The molecule has 1 saturated heterocycles. The normalized spacial score (nSPS) is 15.1. The third-order valence-electron chi connectivity index (χ3n) is 5.51. The molecule has 0 N–H and O–H groups in total. The van der Waals surface area contributed by atoms with Gasteiger partial charge in [0.25, 0.3) is 10.0 Å². The highest BCUT2D eigenvalue weighted by atomic mass is 32.2. The Morgan fingerprint density at radius 1 is 0.710 bits per heavy atom. The van der Waals surface area contributed by atoms with Crippen LogP contribution in [0.5, 0.6) is 0 Å². The second-order valence-corrected chi connectivity index (χ2v) is 11.3. The maximum atomic E-state index is 13.3. The molecule has 0 aromatic heterocycles. The molecule has 3 aromatic carbocycles. The van der Waals surface area contributed by atoms with Crippen LogP contribution in [0.15, 0.2) is 88.7 Å². The molecule has 1 fully saturated rings. The maximum Gasteiger partial charge on any atom is 0.264 e. The van der Waals surface area contributed by atoms with Crippen molar-refractivity contribution in [2.75, 3.05) is 24.4 Å². The summed E-state index contributed by atoms with van der Waals surface area (Å²) in [6.45, 7) is 1.00. The summed E-state index contributed by atoms with van der Waals surface area (Å²) in [6.07, 6.45) is 1.69. The third-order valence-corrected chi connectivity index (χ3v) is 9.21. The predicted molar refractivity (Wildman–Crippen MR) is 122 cm³/mol. The summed E-state index contributed by atoms with van der Waals surface area (Å²) in [5.74, 6) is 0.